The highest BCUT2D eigenvalue weighted by Gasteiger charge is 2.35. The Balaban J connectivity index is 1.30. The number of likely N-dealkylation sites (tertiary alicyclic amines) is 1. The molecule has 0 N–H and O–H groups in total. The van der Waals surface area contributed by atoms with Crippen LogP contribution in [-0.4, -0.2) is 45.7 Å². The van der Waals surface area contributed by atoms with Gasteiger partial charge in [-0.15, -0.1) is 0 Å². The van der Waals surface area contributed by atoms with Crippen molar-refractivity contribution in [3.05, 3.63) is 53.9 Å². The highest BCUT2D eigenvalue weighted by atomic mass is 16.5. The third-order valence-corrected chi connectivity index (χ3v) is 5.68. The van der Waals surface area contributed by atoms with Crippen molar-refractivity contribution >= 4 is 16.7 Å². The topological polar surface area (TPSA) is 81.4 Å². The standard InChI is InChI=1S/C22H24N4O3/c27-22(20-17-5-2-1-4-16(17)9-11-23-20)26-12-3-6-18(26)21-24-19(25-29-21)10-13-28-14-15-7-8-15/h1-2,4-5,9,11,15,18H,3,6-8,10,12-14H2. The van der Waals surface area contributed by atoms with Crippen molar-refractivity contribution in [2.45, 2.75) is 38.1 Å². The molecule has 0 spiro atoms. The van der Waals surface area contributed by atoms with E-state index in [-0.39, 0.29) is 11.9 Å². The Bertz CT molecular complexity index is 1010. The Labute approximate surface area is 169 Å². The summed E-state index contributed by atoms with van der Waals surface area (Å²) < 4.78 is 11.2. The van der Waals surface area contributed by atoms with Crippen LogP contribution in [0.3, 0.4) is 0 Å². The zero-order valence-corrected chi connectivity index (χ0v) is 16.3. The lowest BCUT2D eigenvalue weighted by molar-refractivity contribution is 0.0706. The van der Waals surface area contributed by atoms with E-state index in [1.165, 1.54) is 12.8 Å². The predicted octanol–water partition coefficient (Wildman–Crippen LogP) is 3.56. The van der Waals surface area contributed by atoms with Crippen LogP contribution >= 0.6 is 0 Å². The van der Waals surface area contributed by atoms with Crippen LogP contribution in [-0.2, 0) is 11.2 Å². The number of hydrogen-bond acceptors (Lipinski definition) is 6. The summed E-state index contributed by atoms with van der Waals surface area (Å²) in [5.41, 5.74) is 0.475. The van der Waals surface area contributed by atoms with Gasteiger partial charge in [-0.25, -0.2) is 0 Å². The molecule has 2 aromatic heterocycles. The van der Waals surface area contributed by atoms with Gasteiger partial charge in [0.25, 0.3) is 5.91 Å². The molecule has 1 aliphatic heterocycles. The fourth-order valence-corrected chi connectivity index (χ4v) is 3.89. The zero-order chi connectivity index (χ0) is 19.6. The van der Waals surface area contributed by atoms with Crippen molar-refractivity contribution in [1.29, 1.82) is 0 Å². The number of nitrogens with zero attached hydrogens (tertiary/aromatic N) is 4. The maximum absolute atomic E-state index is 13.3. The summed E-state index contributed by atoms with van der Waals surface area (Å²) >= 11 is 0. The van der Waals surface area contributed by atoms with Gasteiger partial charge < -0.3 is 14.2 Å². The molecule has 7 nitrogen and oxygen atoms in total. The Morgan fingerprint density at radius 3 is 3.00 bits per heavy atom. The molecule has 1 aromatic carbocycles. The van der Waals surface area contributed by atoms with Gasteiger partial charge in [0.2, 0.25) is 5.89 Å². The van der Waals surface area contributed by atoms with Crippen LogP contribution in [0.15, 0.2) is 41.1 Å². The van der Waals surface area contributed by atoms with Crippen molar-refractivity contribution in [2.24, 2.45) is 5.92 Å². The third kappa shape index (κ3) is 3.87. The molecule has 29 heavy (non-hydrogen) atoms. The Morgan fingerprint density at radius 1 is 1.21 bits per heavy atom. The van der Waals surface area contributed by atoms with E-state index in [9.17, 15) is 4.79 Å². The number of pyridine rings is 1. The number of fused-ring (bicyclic) bond motifs is 1. The van der Waals surface area contributed by atoms with Crippen LogP contribution < -0.4 is 0 Å². The maximum atomic E-state index is 13.3. The molecule has 1 saturated carbocycles. The van der Waals surface area contributed by atoms with E-state index in [0.717, 1.165) is 36.1 Å². The van der Waals surface area contributed by atoms with Crippen LogP contribution in [0.5, 0.6) is 0 Å². The lowest BCUT2D eigenvalue weighted by Crippen LogP contribution is -2.31. The number of hydrogen-bond donors (Lipinski definition) is 0. The van der Waals surface area contributed by atoms with Gasteiger partial charge in [-0.1, -0.05) is 29.4 Å². The van der Waals surface area contributed by atoms with Gasteiger partial charge in [-0.3, -0.25) is 9.78 Å². The smallest absolute Gasteiger partial charge is 0.273 e. The molecule has 1 aliphatic carbocycles. The van der Waals surface area contributed by atoms with Crippen molar-refractivity contribution in [3.8, 4) is 0 Å². The second-order valence-corrected chi connectivity index (χ2v) is 7.85. The van der Waals surface area contributed by atoms with Gasteiger partial charge in [-0.05, 0) is 43.1 Å². The number of carbonyl (C=O) groups excluding carboxylic acids is 1. The molecule has 3 heterocycles. The van der Waals surface area contributed by atoms with Gasteiger partial charge in [0, 0.05) is 31.2 Å². The van der Waals surface area contributed by atoms with Gasteiger partial charge in [0.05, 0.1) is 6.61 Å². The number of amides is 1. The average Bonchev–Trinajstić information content (AvgIpc) is 3.25. The van der Waals surface area contributed by atoms with Gasteiger partial charge in [0.1, 0.15) is 11.7 Å². The maximum Gasteiger partial charge on any atom is 0.273 e. The van der Waals surface area contributed by atoms with Crippen LogP contribution in [0.2, 0.25) is 0 Å². The summed E-state index contributed by atoms with van der Waals surface area (Å²) in [6.07, 6.45) is 6.60. The van der Waals surface area contributed by atoms with E-state index in [2.05, 4.69) is 15.1 Å². The molecule has 1 saturated heterocycles. The molecule has 150 valence electrons. The largest absolute Gasteiger partial charge is 0.381 e. The summed E-state index contributed by atoms with van der Waals surface area (Å²) in [5, 5.41) is 5.96. The lowest BCUT2D eigenvalue weighted by atomic mass is 10.1. The van der Waals surface area contributed by atoms with Crippen LogP contribution in [0.4, 0.5) is 0 Å². The van der Waals surface area contributed by atoms with E-state index in [0.29, 0.717) is 37.0 Å². The first-order valence-corrected chi connectivity index (χ1v) is 10.3. The van der Waals surface area contributed by atoms with Crippen molar-refractivity contribution in [1.82, 2.24) is 20.0 Å². The van der Waals surface area contributed by atoms with Crippen LogP contribution in [0.1, 0.15) is 53.9 Å². The van der Waals surface area contributed by atoms with Crippen molar-refractivity contribution < 1.29 is 14.1 Å². The number of carbonyl (C=O) groups is 1. The number of ether oxygens (including phenoxy) is 1. The molecule has 3 aromatic rings. The average molecular weight is 392 g/mol. The fourth-order valence-electron chi connectivity index (χ4n) is 3.89. The van der Waals surface area contributed by atoms with Gasteiger partial charge >= 0.3 is 0 Å². The van der Waals surface area contributed by atoms with Crippen LogP contribution in [0, 0.1) is 5.92 Å². The Hall–Kier alpha value is -2.80. The van der Waals surface area contributed by atoms with E-state index >= 15 is 0 Å². The predicted molar refractivity (Wildman–Crippen MR) is 106 cm³/mol. The first-order valence-electron chi connectivity index (χ1n) is 10.3. The molecule has 1 atom stereocenters. The van der Waals surface area contributed by atoms with Gasteiger partial charge in [0.15, 0.2) is 5.82 Å². The SMILES string of the molecule is O=C(c1nccc2ccccc12)N1CCCC1c1nc(CCOCC2CC2)no1. The normalized spacial score (nSPS) is 19.2. The second-order valence-electron chi connectivity index (χ2n) is 7.85. The minimum absolute atomic E-state index is 0.0863. The second kappa shape index (κ2) is 7.91. The Kier molecular flexibility index (Phi) is 4.97. The molecular formula is C22H24N4O3. The van der Waals surface area contributed by atoms with E-state index in [4.69, 9.17) is 9.26 Å². The molecule has 0 radical (unpaired) electrons. The highest BCUT2D eigenvalue weighted by Crippen LogP contribution is 2.33. The zero-order valence-electron chi connectivity index (χ0n) is 16.3. The van der Waals surface area contributed by atoms with E-state index in [1.807, 2.05) is 35.2 Å². The summed E-state index contributed by atoms with van der Waals surface area (Å²) in [7, 11) is 0. The summed E-state index contributed by atoms with van der Waals surface area (Å²) in [6, 6.07) is 9.54. The van der Waals surface area contributed by atoms with E-state index < -0.39 is 0 Å². The minimum atomic E-state index is -0.197. The lowest BCUT2D eigenvalue weighted by Gasteiger charge is -2.22. The minimum Gasteiger partial charge on any atom is -0.381 e. The first-order chi connectivity index (χ1) is 14.3. The summed E-state index contributed by atoms with van der Waals surface area (Å²) in [5.74, 6) is 1.81. The molecule has 7 heteroatoms. The highest BCUT2D eigenvalue weighted by molar-refractivity contribution is 6.05. The van der Waals surface area contributed by atoms with E-state index in [1.54, 1.807) is 6.20 Å². The molecular weight excluding hydrogens is 368 g/mol. The van der Waals surface area contributed by atoms with Crippen molar-refractivity contribution in [3.63, 3.8) is 0 Å². The van der Waals surface area contributed by atoms with Gasteiger partial charge in [-0.2, -0.15) is 4.98 Å². The number of rotatable bonds is 7. The van der Waals surface area contributed by atoms with Crippen molar-refractivity contribution in [2.75, 3.05) is 19.8 Å². The van der Waals surface area contributed by atoms with Crippen LogP contribution in [0.25, 0.3) is 10.8 Å². The Morgan fingerprint density at radius 2 is 2.10 bits per heavy atom. The molecule has 0 bridgehead atoms. The number of benzene rings is 1. The fraction of sp³-hybridized carbons (Fsp3) is 0.455. The molecule has 5 rings (SSSR count). The molecule has 1 amide bonds. The molecule has 2 aliphatic rings. The number of aromatic nitrogens is 3. The summed E-state index contributed by atoms with van der Waals surface area (Å²) in [4.78, 5) is 24.0. The molecule has 2 fully saturated rings. The first kappa shape index (κ1) is 18.2. The quantitative estimate of drug-likeness (QED) is 0.572. The summed E-state index contributed by atoms with van der Waals surface area (Å²) in [6.45, 7) is 2.09. The monoisotopic (exact) mass is 392 g/mol. The molecule has 1 unspecified atom stereocenters. The third-order valence-electron chi connectivity index (χ3n) is 5.68.